The molecule has 0 bridgehead atoms. The molecule has 0 amide bonds. The summed E-state index contributed by atoms with van der Waals surface area (Å²) in [6, 6.07) is 16.8. The highest BCUT2D eigenvalue weighted by atomic mass is 14.1. The lowest BCUT2D eigenvalue weighted by Crippen LogP contribution is -1.93. The Balaban J connectivity index is 0.000000107. The molecule has 0 heteroatoms. The van der Waals surface area contributed by atoms with E-state index in [4.69, 9.17) is 0 Å². The van der Waals surface area contributed by atoms with Gasteiger partial charge in [-0.1, -0.05) is 54.1 Å². The van der Waals surface area contributed by atoms with Gasteiger partial charge in [-0.25, -0.2) is 0 Å². The molecule has 2 aliphatic carbocycles. The number of benzene rings is 2. The molecule has 0 atom stereocenters. The van der Waals surface area contributed by atoms with E-state index in [1.165, 1.54) is 22.3 Å². The fraction of sp³-hybridized carbons (Fsp3) is 0.143. The summed E-state index contributed by atoms with van der Waals surface area (Å²) in [4.78, 5) is 0. The van der Waals surface area contributed by atoms with Crippen molar-refractivity contribution >= 4 is 0 Å². The number of hydrogen-bond donors (Lipinski definition) is 0. The highest BCUT2D eigenvalue weighted by Gasteiger charge is 2.10. The van der Waals surface area contributed by atoms with Crippen LogP contribution in [0.2, 0.25) is 0 Å². The highest BCUT2D eigenvalue weighted by Crippen LogP contribution is 2.35. The molecular formula is C14H14. The van der Waals surface area contributed by atoms with Crippen LogP contribution >= 0.6 is 0 Å². The minimum absolute atomic E-state index is 1.32. The van der Waals surface area contributed by atoms with Crippen LogP contribution in [0.15, 0.2) is 48.5 Å². The molecule has 0 N–H and O–H groups in total. The maximum Gasteiger partial charge on any atom is -0.0154 e. The van der Waals surface area contributed by atoms with Crippen molar-refractivity contribution in [3.05, 3.63) is 59.7 Å². The minimum Gasteiger partial charge on any atom is -0.0622 e. The van der Waals surface area contributed by atoms with Gasteiger partial charge in [-0.15, -0.1) is 0 Å². The molecule has 14 heavy (non-hydrogen) atoms. The van der Waals surface area contributed by atoms with Crippen LogP contribution in [0, 0.1) is 13.8 Å². The average molecular weight is 182 g/mol. The molecule has 0 heterocycles. The van der Waals surface area contributed by atoms with Gasteiger partial charge in [0.15, 0.2) is 0 Å². The highest BCUT2D eigenvalue weighted by molar-refractivity contribution is 5.80. The lowest BCUT2D eigenvalue weighted by molar-refractivity contribution is 1.38. The van der Waals surface area contributed by atoms with E-state index in [0.717, 1.165) is 0 Å². The molecular weight excluding hydrogens is 168 g/mol. The molecule has 0 unspecified atom stereocenters. The van der Waals surface area contributed by atoms with Gasteiger partial charge < -0.3 is 0 Å². The molecule has 0 nitrogen and oxygen atoms in total. The quantitative estimate of drug-likeness (QED) is 0.493. The van der Waals surface area contributed by atoms with Crippen molar-refractivity contribution < 1.29 is 0 Å². The van der Waals surface area contributed by atoms with Crippen LogP contribution in [0.3, 0.4) is 0 Å². The summed E-state index contributed by atoms with van der Waals surface area (Å²) in [5.41, 5.74) is 5.68. The van der Waals surface area contributed by atoms with Crippen LogP contribution in [0.1, 0.15) is 11.1 Å². The van der Waals surface area contributed by atoms with Gasteiger partial charge in [0, 0.05) is 0 Å². The maximum absolute atomic E-state index is 2.20. The molecule has 2 aliphatic rings. The lowest BCUT2D eigenvalue weighted by Gasteiger charge is -2.17. The monoisotopic (exact) mass is 182 g/mol. The molecule has 70 valence electrons. The lowest BCUT2D eigenvalue weighted by atomic mass is 9.88. The Kier molecular flexibility index (Phi) is 2.36. The van der Waals surface area contributed by atoms with E-state index in [2.05, 4.69) is 44.2 Å². The summed E-state index contributed by atoms with van der Waals surface area (Å²) < 4.78 is 0. The van der Waals surface area contributed by atoms with Gasteiger partial charge in [-0.2, -0.15) is 0 Å². The summed E-state index contributed by atoms with van der Waals surface area (Å²) in [5, 5.41) is 0. The third-order valence-corrected chi connectivity index (χ3v) is 2.48. The van der Waals surface area contributed by atoms with Crippen molar-refractivity contribution in [2.24, 2.45) is 0 Å². The van der Waals surface area contributed by atoms with E-state index in [0.29, 0.717) is 0 Å². The summed E-state index contributed by atoms with van der Waals surface area (Å²) in [5.74, 6) is 0. The number of hydrogen-bond acceptors (Lipinski definition) is 0. The Morgan fingerprint density at radius 2 is 1.50 bits per heavy atom. The first-order chi connectivity index (χ1) is 6.77. The van der Waals surface area contributed by atoms with Gasteiger partial charge in [0.25, 0.3) is 0 Å². The van der Waals surface area contributed by atoms with Crippen molar-refractivity contribution in [2.75, 3.05) is 0 Å². The van der Waals surface area contributed by atoms with Crippen molar-refractivity contribution in [3.8, 4) is 11.1 Å². The Morgan fingerprint density at radius 3 is 1.64 bits per heavy atom. The molecule has 0 aliphatic heterocycles. The Labute approximate surface area is 85.2 Å². The second kappa shape index (κ2) is 3.67. The minimum atomic E-state index is 1.32. The normalized spacial score (nSPS) is 10.1. The molecule has 0 saturated carbocycles. The zero-order chi connectivity index (χ0) is 9.97. The zero-order valence-corrected chi connectivity index (χ0v) is 8.62. The molecule has 3 rings (SSSR count). The second-order valence-electron chi connectivity index (χ2n) is 3.68. The van der Waals surface area contributed by atoms with E-state index in [1.54, 1.807) is 0 Å². The third kappa shape index (κ3) is 1.69. The molecule has 0 radical (unpaired) electrons. The van der Waals surface area contributed by atoms with E-state index in [9.17, 15) is 0 Å². The van der Waals surface area contributed by atoms with Gasteiger partial charge >= 0.3 is 0 Å². The summed E-state index contributed by atoms with van der Waals surface area (Å²) >= 11 is 0. The SMILES string of the molecule is Cc1cc2ccc1-2.Cc1ccccc1. The molecule has 0 aromatic heterocycles. The van der Waals surface area contributed by atoms with Gasteiger partial charge in [0.05, 0.1) is 0 Å². The first kappa shape index (κ1) is 9.01. The standard InChI is InChI=1S/C7H6.C7H8/c1-5-4-6-2-3-7(5)6;1-7-5-3-2-4-6-7/h2-4H,1H3;2-6H,1H3. The predicted molar refractivity (Wildman–Crippen MR) is 61.4 cm³/mol. The average Bonchev–Trinajstić information content (AvgIpc) is 2.16. The Hall–Kier alpha value is -1.56. The van der Waals surface area contributed by atoms with Crippen molar-refractivity contribution in [3.63, 3.8) is 0 Å². The zero-order valence-electron chi connectivity index (χ0n) is 8.62. The first-order valence-electron chi connectivity index (χ1n) is 4.90. The van der Waals surface area contributed by atoms with E-state index in [-0.39, 0.29) is 0 Å². The van der Waals surface area contributed by atoms with E-state index in [1.807, 2.05) is 18.2 Å². The third-order valence-electron chi connectivity index (χ3n) is 2.48. The molecule has 1 aromatic carbocycles. The molecule has 1 aromatic rings. The maximum atomic E-state index is 2.20. The Morgan fingerprint density at radius 1 is 0.786 bits per heavy atom. The summed E-state index contributed by atoms with van der Waals surface area (Å²) in [6.45, 7) is 4.22. The van der Waals surface area contributed by atoms with Crippen LogP contribution in [0.4, 0.5) is 0 Å². The molecule has 0 saturated heterocycles. The second-order valence-corrected chi connectivity index (χ2v) is 3.68. The number of fused-ring (bicyclic) bond motifs is 1. The topological polar surface area (TPSA) is 0 Å². The van der Waals surface area contributed by atoms with Crippen molar-refractivity contribution in [1.29, 1.82) is 0 Å². The van der Waals surface area contributed by atoms with Gasteiger partial charge in [0.2, 0.25) is 0 Å². The fourth-order valence-corrected chi connectivity index (χ4v) is 1.52. The van der Waals surface area contributed by atoms with Crippen LogP contribution in [0.5, 0.6) is 0 Å². The van der Waals surface area contributed by atoms with Crippen LogP contribution in [0.25, 0.3) is 11.1 Å². The summed E-state index contributed by atoms with van der Waals surface area (Å²) in [6.07, 6.45) is 0. The number of rotatable bonds is 0. The Bertz CT molecular complexity index is 421. The van der Waals surface area contributed by atoms with Gasteiger partial charge in [0.1, 0.15) is 0 Å². The van der Waals surface area contributed by atoms with Gasteiger partial charge in [-0.3, -0.25) is 0 Å². The van der Waals surface area contributed by atoms with Gasteiger partial charge in [-0.05, 0) is 30.5 Å². The molecule has 0 spiro atoms. The predicted octanol–water partition coefficient (Wildman–Crippen LogP) is 3.97. The van der Waals surface area contributed by atoms with Crippen LogP contribution in [-0.2, 0) is 0 Å². The first-order valence-corrected chi connectivity index (χ1v) is 4.90. The van der Waals surface area contributed by atoms with Crippen LogP contribution in [-0.4, -0.2) is 0 Å². The smallest absolute Gasteiger partial charge is 0.0154 e. The fourth-order valence-electron chi connectivity index (χ4n) is 1.52. The van der Waals surface area contributed by atoms with E-state index < -0.39 is 0 Å². The van der Waals surface area contributed by atoms with Crippen molar-refractivity contribution in [2.45, 2.75) is 13.8 Å². The summed E-state index contributed by atoms with van der Waals surface area (Å²) in [7, 11) is 0. The van der Waals surface area contributed by atoms with E-state index >= 15 is 0 Å². The largest absolute Gasteiger partial charge is 0.0622 e. The number of aryl methyl sites for hydroxylation is 2. The molecule has 0 fully saturated rings. The van der Waals surface area contributed by atoms with Crippen LogP contribution < -0.4 is 0 Å². The van der Waals surface area contributed by atoms with Crippen molar-refractivity contribution in [1.82, 2.24) is 0 Å².